The van der Waals surface area contributed by atoms with E-state index < -0.39 is 0 Å². The van der Waals surface area contributed by atoms with E-state index in [1.807, 2.05) is 10.9 Å². The molecule has 0 amide bonds. The molecule has 2 aromatic heterocycles. The van der Waals surface area contributed by atoms with E-state index in [1.54, 1.807) is 6.33 Å². The van der Waals surface area contributed by atoms with Crippen molar-refractivity contribution in [2.24, 2.45) is 0 Å². The first-order valence-electron chi connectivity index (χ1n) is 8.63. The van der Waals surface area contributed by atoms with Gasteiger partial charge in [-0.15, -0.1) is 0 Å². The second-order valence-corrected chi connectivity index (χ2v) is 6.73. The monoisotopic (exact) mass is 343 g/mol. The molecule has 0 saturated carbocycles. The van der Waals surface area contributed by atoms with Gasteiger partial charge >= 0.3 is 0 Å². The van der Waals surface area contributed by atoms with E-state index in [9.17, 15) is 0 Å². The molecular formula is C21H21N5. The van der Waals surface area contributed by atoms with Crippen LogP contribution in [-0.2, 0) is 0 Å². The number of fused-ring (bicyclic) bond motifs is 1. The Kier molecular flexibility index (Phi) is 3.92. The third-order valence-electron chi connectivity index (χ3n) is 4.75. The van der Waals surface area contributed by atoms with Crippen molar-refractivity contribution in [2.75, 3.05) is 5.32 Å². The third-order valence-corrected chi connectivity index (χ3v) is 4.75. The smallest absolute Gasteiger partial charge is 0.168 e. The average Bonchev–Trinajstić information content (AvgIpc) is 3.06. The van der Waals surface area contributed by atoms with Crippen LogP contribution in [0, 0.1) is 27.7 Å². The number of hydrogen-bond acceptors (Lipinski definition) is 4. The second kappa shape index (κ2) is 6.26. The molecule has 0 aliphatic carbocycles. The van der Waals surface area contributed by atoms with Gasteiger partial charge in [0.1, 0.15) is 12.1 Å². The van der Waals surface area contributed by atoms with Gasteiger partial charge in [-0.25, -0.2) is 14.6 Å². The fraction of sp³-hybridized carbons (Fsp3) is 0.190. The van der Waals surface area contributed by atoms with E-state index in [1.165, 1.54) is 22.3 Å². The van der Waals surface area contributed by atoms with Crippen LogP contribution in [0.1, 0.15) is 22.3 Å². The minimum absolute atomic E-state index is 0.763. The Bertz CT molecular complexity index is 1110. The van der Waals surface area contributed by atoms with Crippen molar-refractivity contribution in [1.29, 1.82) is 0 Å². The van der Waals surface area contributed by atoms with E-state index in [0.29, 0.717) is 0 Å². The van der Waals surface area contributed by atoms with Gasteiger partial charge in [0.2, 0.25) is 0 Å². The first-order valence-corrected chi connectivity index (χ1v) is 8.63. The third kappa shape index (κ3) is 2.81. The Morgan fingerprint density at radius 2 is 1.65 bits per heavy atom. The van der Waals surface area contributed by atoms with Crippen LogP contribution in [0.2, 0.25) is 0 Å². The molecule has 5 nitrogen and oxygen atoms in total. The Morgan fingerprint density at radius 1 is 0.846 bits per heavy atom. The summed E-state index contributed by atoms with van der Waals surface area (Å²) < 4.78 is 1.86. The largest absolute Gasteiger partial charge is 0.339 e. The maximum atomic E-state index is 4.55. The fourth-order valence-electron chi connectivity index (χ4n) is 2.99. The fourth-order valence-corrected chi connectivity index (χ4v) is 2.99. The van der Waals surface area contributed by atoms with E-state index in [-0.39, 0.29) is 0 Å². The van der Waals surface area contributed by atoms with Gasteiger partial charge in [-0.05, 0) is 68.1 Å². The molecule has 0 bridgehead atoms. The zero-order chi connectivity index (χ0) is 18.3. The van der Waals surface area contributed by atoms with Crippen molar-refractivity contribution < 1.29 is 0 Å². The molecule has 4 rings (SSSR count). The van der Waals surface area contributed by atoms with Crippen molar-refractivity contribution in [3.05, 3.63) is 71.2 Å². The molecule has 5 heteroatoms. The second-order valence-electron chi connectivity index (χ2n) is 6.73. The molecule has 0 saturated heterocycles. The quantitative estimate of drug-likeness (QED) is 0.581. The maximum absolute atomic E-state index is 4.55. The number of aryl methyl sites for hydroxylation is 4. The van der Waals surface area contributed by atoms with Gasteiger partial charge in [-0.3, -0.25) is 0 Å². The molecular weight excluding hydrogens is 322 g/mol. The van der Waals surface area contributed by atoms with Gasteiger partial charge in [-0.2, -0.15) is 5.10 Å². The number of hydrogen-bond donors (Lipinski definition) is 1. The standard InChI is InChI=1S/C21H21N5/c1-13-5-6-15(3)19(9-13)25-20-18-11-24-26(21(18)23-12-22-20)17-8-7-14(2)16(4)10-17/h5-12H,1-4H3,(H,22,23,25). The molecule has 1 N–H and O–H groups in total. The summed E-state index contributed by atoms with van der Waals surface area (Å²) in [5, 5.41) is 8.88. The van der Waals surface area contributed by atoms with Gasteiger partial charge < -0.3 is 5.32 Å². The number of benzene rings is 2. The SMILES string of the molecule is Cc1ccc(C)c(Nc2ncnc3c2cnn3-c2ccc(C)c(C)c2)c1. The zero-order valence-electron chi connectivity index (χ0n) is 15.4. The number of anilines is 2. The zero-order valence-corrected chi connectivity index (χ0v) is 15.4. The van der Waals surface area contributed by atoms with Gasteiger partial charge in [0.15, 0.2) is 5.65 Å². The molecule has 0 radical (unpaired) electrons. The van der Waals surface area contributed by atoms with Crippen LogP contribution in [0.5, 0.6) is 0 Å². The lowest BCUT2D eigenvalue weighted by Gasteiger charge is -2.10. The first-order chi connectivity index (χ1) is 12.5. The summed E-state index contributed by atoms with van der Waals surface area (Å²) in [6, 6.07) is 12.6. The molecule has 0 atom stereocenters. The molecule has 0 unspecified atom stereocenters. The van der Waals surface area contributed by atoms with Crippen molar-refractivity contribution in [2.45, 2.75) is 27.7 Å². The van der Waals surface area contributed by atoms with E-state index >= 15 is 0 Å². The molecule has 0 spiro atoms. The van der Waals surface area contributed by atoms with E-state index in [2.05, 4.69) is 84.5 Å². The van der Waals surface area contributed by atoms with Gasteiger partial charge in [-0.1, -0.05) is 18.2 Å². The highest BCUT2D eigenvalue weighted by atomic mass is 15.3. The summed E-state index contributed by atoms with van der Waals surface area (Å²) in [7, 11) is 0. The van der Waals surface area contributed by atoms with Crippen LogP contribution in [-0.4, -0.2) is 19.7 Å². The molecule has 26 heavy (non-hydrogen) atoms. The lowest BCUT2D eigenvalue weighted by Crippen LogP contribution is -2.01. The lowest BCUT2D eigenvalue weighted by molar-refractivity contribution is 0.893. The van der Waals surface area contributed by atoms with Crippen LogP contribution in [0.15, 0.2) is 48.9 Å². The van der Waals surface area contributed by atoms with E-state index in [4.69, 9.17) is 0 Å². The Hall–Kier alpha value is -3.21. The van der Waals surface area contributed by atoms with Crippen LogP contribution >= 0.6 is 0 Å². The first kappa shape index (κ1) is 16.3. The summed E-state index contributed by atoms with van der Waals surface area (Å²) in [4.78, 5) is 8.90. The molecule has 0 aliphatic heterocycles. The van der Waals surface area contributed by atoms with Crippen LogP contribution in [0.4, 0.5) is 11.5 Å². The Labute approximate surface area is 152 Å². The molecule has 0 fully saturated rings. The van der Waals surface area contributed by atoms with Crippen molar-refractivity contribution in [3.8, 4) is 5.69 Å². The van der Waals surface area contributed by atoms with Crippen molar-refractivity contribution >= 4 is 22.5 Å². The van der Waals surface area contributed by atoms with Crippen LogP contribution in [0.3, 0.4) is 0 Å². The van der Waals surface area contributed by atoms with Crippen molar-refractivity contribution in [3.63, 3.8) is 0 Å². The van der Waals surface area contributed by atoms with Crippen molar-refractivity contribution in [1.82, 2.24) is 19.7 Å². The summed E-state index contributed by atoms with van der Waals surface area (Å²) in [6.45, 7) is 8.37. The Morgan fingerprint density at radius 3 is 2.46 bits per heavy atom. The highest BCUT2D eigenvalue weighted by Gasteiger charge is 2.12. The van der Waals surface area contributed by atoms with E-state index in [0.717, 1.165) is 28.2 Å². The normalized spacial score (nSPS) is 11.1. The summed E-state index contributed by atoms with van der Waals surface area (Å²) in [6.07, 6.45) is 3.40. The van der Waals surface area contributed by atoms with Gasteiger partial charge in [0.25, 0.3) is 0 Å². The van der Waals surface area contributed by atoms with Gasteiger partial charge in [0, 0.05) is 5.69 Å². The predicted octanol–water partition coefficient (Wildman–Crippen LogP) is 4.79. The number of nitrogens with one attached hydrogen (secondary N) is 1. The number of rotatable bonds is 3. The molecule has 4 aromatic rings. The Balaban J connectivity index is 1.80. The topological polar surface area (TPSA) is 55.6 Å². The van der Waals surface area contributed by atoms with Crippen LogP contribution in [0.25, 0.3) is 16.7 Å². The lowest BCUT2D eigenvalue weighted by atomic mass is 10.1. The molecule has 0 aliphatic rings. The average molecular weight is 343 g/mol. The minimum atomic E-state index is 0.763. The number of aromatic nitrogens is 4. The van der Waals surface area contributed by atoms with Crippen LogP contribution < -0.4 is 5.32 Å². The highest BCUT2D eigenvalue weighted by Crippen LogP contribution is 2.27. The summed E-state index contributed by atoms with van der Waals surface area (Å²) in [5.41, 5.74) is 7.70. The maximum Gasteiger partial charge on any atom is 0.168 e. The number of nitrogens with zero attached hydrogens (tertiary/aromatic N) is 4. The highest BCUT2D eigenvalue weighted by molar-refractivity contribution is 5.89. The molecule has 2 aromatic carbocycles. The summed E-state index contributed by atoms with van der Waals surface area (Å²) >= 11 is 0. The van der Waals surface area contributed by atoms with Gasteiger partial charge in [0.05, 0.1) is 17.3 Å². The molecule has 130 valence electrons. The summed E-state index contributed by atoms with van der Waals surface area (Å²) in [5.74, 6) is 0.763. The predicted molar refractivity (Wildman–Crippen MR) is 105 cm³/mol. The molecule has 2 heterocycles. The minimum Gasteiger partial charge on any atom is -0.339 e.